The van der Waals surface area contributed by atoms with Crippen LogP contribution in [-0.4, -0.2) is 155 Å². The summed E-state index contributed by atoms with van der Waals surface area (Å²) in [7, 11) is -9.25. The van der Waals surface area contributed by atoms with Gasteiger partial charge in [0.05, 0.1) is 29.0 Å². The number of nitrogens with zero attached hydrogens (tertiary/aromatic N) is 10. The molecule has 12 N–H and O–H groups in total. The molecule has 0 bridgehead atoms. The van der Waals surface area contributed by atoms with Gasteiger partial charge >= 0.3 is 0 Å². The predicted octanol–water partition coefficient (Wildman–Crippen LogP) is 4.71. The van der Waals surface area contributed by atoms with Gasteiger partial charge in [-0.1, -0.05) is 34.4 Å². The van der Waals surface area contributed by atoms with E-state index in [0.717, 1.165) is 51.3 Å². The molecule has 2 aromatic heterocycles. The SMILES string of the molecule is NCCN1CCN(c2nc(Nc3ccc(S(=O)(=O)O)cc3)nc(Nc3ccc(C=Cc4ccc(Nc5nc(Nc6ccc(SOOO)cc6)nc(N6CCN(CCN)CC6)n5)cc4S(=O)(=O)O)c(SOOO)c3)n2)CC1. The van der Waals surface area contributed by atoms with Crippen LogP contribution in [0.3, 0.4) is 0 Å². The zero-order valence-corrected chi connectivity index (χ0v) is 43.3. The van der Waals surface area contributed by atoms with Crippen LogP contribution < -0.4 is 42.5 Å². The van der Waals surface area contributed by atoms with Crippen LogP contribution in [0.5, 0.6) is 0 Å². The van der Waals surface area contributed by atoms with Crippen molar-refractivity contribution >= 4 is 115 Å². The number of piperazine rings is 2. The molecule has 32 heteroatoms. The van der Waals surface area contributed by atoms with Gasteiger partial charge in [0.1, 0.15) is 4.90 Å². The van der Waals surface area contributed by atoms with Crippen LogP contribution in [-0.2, 0) is 39.0 Å². The Morgan fingerprint density at radius 3 is 1.41 bits per heavy atom. The first-order valence-corrected chi connectivity index (χ1v) is 27.4. The fourth-order valence-electron chi connectivity index (χ4n) is 7.85. The van der Waals surface area contributed by atoms with E-state index in [1.165, 1.54) is 42.5 Å². The van der Waals surface area contributed by atoms with E-state index in [-0.39, 0.29) is 39.9 Å². The molecule has 0 aliphatic carbocycles. The van der Waals surface area contributed by atoms with Crippen molar-refractivity contribution in [3.05, 3.63) is 96.1 Å². The molecule has 2 fully saturated rings. The first-order valence-electron chi connectivity index (χ1n) is 23.0. The number of hydrogen-bond donors (Lipinski definition) is 10. The van der Waals surface area contributed by atoms with E-state index in [0.29, 0.717) is 95.6 Å². The molecule has 404 valence electrons. The Labute approximate surface area is 444 Å². The lowest BCUT2D eigenvalue weighted by molar-refractivity contribution is -0.432. The van der Waals surface area contributed by atoms with Gasteiger partial charge in [-0.3, -0.25) is 18.9 Å². The molecule has 0 saturated carbocycles. The maximum atomic E-state index is 13.0. The van der Waals surface area contributed by atoms with Crippen LogP contribution in [0.4, 0.5) is 58.4 Å². The van der Waals surface area contributed by atoms with E-state index in [9.17, 15) is 25.9 Å². The molecule has 0 unspecified atom stereocenters. The monoisotopic (exact) mass is 1120 g/mol. The van der Waals surface area contributed by atoms with E-state index in [4.69, 9.17) is 31.3 Å². The Morgan fingerprint density at radius 1 is 0.526 bits per heavy atom. The van der Waals surface area contributed by atoms with Crippen molar-refractivity contribution in [1.82, 2.24) is 39.7 Å². The summed E-state index contributed by atoms with van der Waals surface area (Å²) in [5, 5.41) is 37.7. The zero-order chi connectivity index (χ0) is 53.7. The lowest BCUT2D eigenvalue weighted by Gasteiger charge is -2.34. The van der Waals surface area contributed by atoms with E-state index in [2.05, 4.69) is 70.4 Å². The van der Waals surface area contributed by atoms with Gasteiger partial charge in [-0.15, -0.1) is 8.67 Å². The molecule has 2 saturated heterocycles. The summed E-state index contributed by atoms with van der Waals surface area (Å²) in [6, 6.07) is 21.5. The third kappa shape index (κ3) is 15.6. The molecule has 76 heavy (non-hydrogen) atoms. The van der Waals surface area contributed by atoms with Gasteiger partial charge in [0.25, 0.3) is 20.2 Å². The average molecular weight is 1130 g/mol. The molecule has 4 aromatic carbocycles. The summed E-state index contributed by atoms with van der Waals surface area (Å²) in [5.74, 6) is 1.17. The lowest BCUT2D eigenvalue weighted by Crippen LogP contribution is -2.48. The minimum Gasteiger partial charge on any atom is -0.338 e. The van der Waals surface area contributed by atoms with Gasteiger partial charge in [-0.2, -0.15) is 46.7 Å². The highest BCUT2D eigenvalue weighted by molar-refractivity contribution is 7.94. The highest BCUT2D eigenvalue weighted by atomic mass is 32.2. The number of nitrogens with one attached hydrogen (secondary N) is 4. The summed E-state index contributed by atoms with van der Waals surface area (Å²) in [6.45, 7) is 7.81. The zero-order valence-electron chi connectivity index (χ0n) is 40.0. The highest BCUT2D eigenvalue weighted by Crippen LogP contribution is 2.33. The number of hydrogen-bond acceptors (Lipinski definition) is 28. The van der Waals surface area contributed by atoms with Crippen LogP contribution in [0.15, 0.2) is 105 Å². The largest absolute Gasteiger partial charge is 0.338 e. The normalized spacial score (nSPS) is 14.8. The van der Waals surface area contributed by atoms with Crippen molar-refractivity contribution in [1.29, 1.82) is 0 Å². The maximum absolute atomic E-state index is 13.0. The molecular weight excluding hydrogens is 1070 g/mol. The molecule has 0 atom stereocenters. The van der Waals surface area contributed by atoms with Gasteiger partial charge in [0.15, 0.2) is 0 Å². The standard InChI is InChI=1S/C44H52N16O12S4/c45-15-17-57-19-23-59(24-20-57)43-54-40(48-32-9-13-36(14-10-32)75(63,64)65)51-41(55-43)49-33-5-3-29(37(27-33)74-72-70-62)1-2-30-4-6-34(28-38(30)76(66,67)68)50-42-52-39(47-31-7-11-35(12-8-31)73-71-69-61)53-44(56-42)60-25-21-58(18-16-46)22-26-60/h1-14,27-28,61-62H,15-26,45-46H2,(H,63,64,65)(H,66,67,68)(H2,47,50,52,53,56)(H2,48,49,51,54,55). The Hall–Kier alpha value is -6.44. The molecule has 8 rings (SSSR count). The summed E-state index contributed by atoms with van der Waals surface area (Å²) in [5.41, 5.74) is 13.8. The van der Waals surface area contributed by atoms with Crippen molar-refractivity contribution in [2.75, 3.05) is 110 Å². The molecule has 28 nitrogen and oxygen atoms in total. The topological polar surface area (TPSA) is 377 Å². The van der Waals surface area contributed by atoms with Crippen LogP contribution in [0.1, 0.15) is 11.1 Å². The van der Waals surface area contributed by atoms with Crippen molar-refractivity contribution < 1.29 is 55.2 Å². The number of aromatic nitrogens is 6. The van der Waals surface area contributed by atoms with E-state index in [1.54, 1.807) is 54.6 Å². The van der Waals surface area contributed by atoms with Crippen LogP contribution >= 0.6 is 24.1 Å². The second-order valence-electron chi connectivity index (χ2n) is 16.6. The van der Waals surface area contributed by atoms with E-state index >= 15 is 0 Å². The van der Waals surface area contributed by atoms with Gasteiger partial charge in [-0.25, -0.2) is 10.5 Å². The van der Waals surface area contributed by atoms with E-state index < -0.39 is 25.1 Å². The molecule has 2 aliphatic heterocycles. The summed E-state index contributed by atoms with van der Waals surface area (Å²) in [4.78, 5) is 36.5. The Morgan fingerprint density at radius 2 is 0.947 bits per heavy atom. The predicted molar refractivity (Wildman–Crippen MR) is 284 cm³/mol. The third-order valence-electron chi connectivity index (χ3n) is 11.5. The number of rotatable bonds is 24. The minimum atomic E-state index is -4.83. The first-order chi connectivity index (χ1) is 36.7. The van der Waals surface area contributed by atoms with Gasteiger partial charge in [0.2, 0.25) is 35.7 Å². The van der Waals surface area contributed by atoms with Crippen molar-refractivity contribution in [3.8, 4) is 0 Å². The van der Waals surface area contributed by atoms with Crippen molar-refractivity contribution in [3.63, 3.8) is 0 Å². The van der Waals surface area contributed by atoms with Gasteiger partial charge in [0, 0.05) is 111 Å². The summed E-state index contributed by atoms with van der Waals surface area (Å²) >= 11 is 1.43. The minimum absolute atomic E-state index is 0.0682. The second kappa shape index (κ2) is 26.1. The molecule has 0 spiro atoms. The van der Waals surface area contributed by atoms with Crippen molar-refractivity contribution in [2.24, 2.45) is 11.5 Å². The summed E-state index contributed by atoms with van der Waals surface area (Å²) in [6.07, 6.45) is 3.03. The third-order valence-corrected chi connectivity index (χ3v) is 14.6. The molecule has 0 radical (unpaired) electrons. The Balaban J connectivity index is 1.04. The summed E-state index contributed by atoms with van der Waals surface area (Å²) < 4.78 is 78.5. The number of anilines is 10. The Bertz CT molecular complexity index is 3180. The van der Waals surface area contributed by atoms with Crippen LogP contribution in [0.2, 0.25) is 0 Å². The van der Waals surface area contributed by atoms with Gasteiger partial charge < -0.3 is 42.5 Å². The van der Waals surface area contributed by atoms with Crippen molar-refractivity contribution in [2.45, 2.75) is 19.6 Å². The maximum Gasteiger partial charge on any atom is 0.295 e. The second-order valence-corrected chi connectivity index (χ2v) is 20.9. The Kier molecular flexibility index (Phi) is 19.1. The fourth-order valence-corrected chi connectivity index (χ4v) is 9.90. The molecule has 2 aliphatic rings. The molecule has 6 aromatic rings. The van der Waals surface area contributed by atoms with Gasteiger partial charge in [-0.05, 0) is 83.9 Å². The lowest BCUT2D eigenvalue weighted by atomic mass is 10.1. The molecular formula is C44H52N16O12S4. The number of benzene rings is 4. The number of nitrogens with two attached hydrogens (primary N) is 2. The van der Waals surface area contributed by atoms with Crippen LogP contribution in [0.25, 0.3) is 12.2 Å². The smallest absolute Gasteiger partial charge is 0.295 e. The van der Waals surface area contributed by atoms with E-state index in [1.807, 2.05) is 9.80 Å². The fraction of sp³-hybridized carbons (Fsp3) is 0.273. The highest BCUT2D eigenvalue weighted by Gasteiger charge is 2.24. The average Bonchev–Trinajstić information content (AvgIpc) is 3.41. The quantitative estimate of drug-likeness (QED) is 0.0129. The first kappa shape index (κ1) is 55.8. The molecule has 0 amide bonds. The molecule has 4 heterocycles. The van der Waals surface area contributed by atoms with Crippen LogP contribution in [0, 0.1) is 0 Å².